The Hall–Kier alpha value is -1.92. The van der Waals surface area contributed by atoms with E-state index >= 15 is 0 Å². The van der Waals surface area contributed by atoms with Gasteiger partial charge in [-0.25, -0.2) is 9.59 Å². The zero-order chi connectivity index (χ0) is 22.0. The van der Waals surface area contributed by atoms with Crippen molar-refractivity contribution in [2.24, 2.45) is 11.3 Å². The first-order valence-corrected chi connectivity index (χ1v) is 10.1. The number of carboxylic acid groups (broad SMARTS) is 1. The Balaban J connectivity index is 2.83. The Morgan fingerprint density at radius 3 is 2.52 bits per heavy atom. The van der Waals surface area contributed by atoms with Crippen molar-refractivity contribution in [1.29, 1.82) is 0 Å². The molecule has 0 unspecified atom stereocenters. The predicted molar refractivity (Wildman–Crippen MR) is 112 cm³/mol. The lowest BCUT2D eigenvalue weighted by Crippen LogP contribution is -2.39. The van der Waals surface area contributed by atoms with Gasteiger partial charge in [0.25, 0.3) is 0 Å². The molecule has 0 spiro atoms. The number of aliphatic carboxylic acids is 1. The standard InChI is InChI=1S/C23H36O6/c1-16(8-7-9-17(2)12-21(24)25)10-11-23(4)18(3)13-19(29-15-27-5)14-20(23)22(26)28-6/h8,12,14,18-19H,7,9-11,13,15H2,1-6H3,(H,24,25)/b16-8+,17-12+/t18-,19+,23-/m1/s1. The predicted octanol–water partition coefficient (Wildman–Crippen LogP) is 4.66. The summed E-state index contributed by atoms with van der Waals surface area (Å²) in [4.78, 5) is 23.2. The Kier molecular flexibility index (Phi) is 10.3. The molecule has 0 heterocycles. The minimum atomic E-state index is -0.905. The minimum absolute atomic E-state index is 0.159. The average molecular weight is 409 g/mol. The van der Waals surface area contributed by atoms with Gasteiger partial charge in [-0.1, -0.05) is 31.1 Å². The lowest BCUT2D eigenvalue weighted by Gasteiger charge is -2.42. The first kappa shape index (κ1) is 25.1. The van der Waals surface area contributed by atoms with E-state index < -0.39 is 5.97 Å². The number of carbonyl (C=O) groups is 2. The fraction of sp³-hybridized carbons (Fsp3) is 0.652. The third-order valence-electron chi connectivity index (χ3n) is 5.89. The molecule has 0 aromatic rings. The molecule has 1 rings (SSSR count). The van der Waals surface area contributed by atoms with Crippen LogP contribution < -0.4 is 0 Å². The number of rotatable bonds is 11. The first-order chi connectivity index (χ1) is 13.6. The molecule has 1 N–H and O–H groups in total. The van der Waals surface area contributed by atoms with Crippen LogP contribution in [0.25, 0.3) is 0 Å². The van der Waals surface area contributed by atoms with E-state index in [1.807, 2.05) is 13.0 Å². The van der Waals surface area contributed by atoms with Crippen molar-refractivity contribution in [2.45, 2.75) is 65.9 Å². The third kappa shape index (κ3) is 7.78. The highest BCUT2D eigenvalue weighted by molar-refractivity contribution is 5.90. The van der Waals surface area contributed by atoms with Gasteiger partial charge in [0.15, 0.2) is 0 Å². The number of carbonyl (C=O) groups excluding carboxylic acids is 1. The van der Waals surface area contributed by atoms with E-state index in [2.05, 4.69) is 26.8 Å². The van der Waals surface area contributed by atoms with Crippen LogP contribution in [0.3, 0.4) is 0 Å². The summed E-state index contributed by atoms with van der Waals surface area (Å²) in [6.07, 6.45) is 9.19. The number of ether oxygens (including phenoxy) is 3. The maximum Gasteiger partial charge on any atom is 0.334 e. The summed E-state index contributed by atoms with van der Waals surface area (Å²) in [6.45, 7) is 8.38. The van der Waals surface area contributed by atoms with Crippen LogP contribution in [0.2, 0.25) is 0 Å². The van der Waals surface area contributed by atoms with Gasteiger partial charge < -0.3 is 19.3 Å². The summed E-state index contributed by atoms with van der Waals surface area (Å²) in [5.41, 5.74) is 2.47. The van der Waals surface area contributed by atoms with E-state index in [0.717, 1.165) is 37.7 Å². The van der Waals surface area contributed by atoms with E-state index in [9.17, 15) is 9.59 Å². The molecule has 0 aromatic heterocycles. The van der Waals surface area contributed by atoms with E-state index in [-0.39, 0.29) is 30.2 Å². The van der Waals surface area contributed by atoms with Gasteiger partial charge in [-0.3, -0.25) is 0 Å². The number of esters is 1. The summed E-state index contributed by atoms with van der Waals surface area (Å²) in [6, 6.07) is 0. The molecule has 0 saturated carbocycles. The van der Waals surface area contributed by atoms with Crippen molar-refractivity contribution in [2.75, 3.05) is 21.0 Å². The van der Waals surface area contributed by atoms with Gasteiger partial charge in [0.1, 0.15) is 6.79 Å². The van der Waals surface area contributed by atoms with Crippen molar-refractivity contribution >= 4 is 11.9 Å². The van der Waals surface area contributed by atoms with Gasteiger partial charge in [-0.05, 0) is 57.9 Å². The molecular formula is C23H36O6. The molecular weight excluding hydrogens is 372 g/mol. The molecule has 3 atom stereocenters. The van der Waals surface area contributed by atoms with Crippen LogP contribution in [0.15, 0.2) is 34.9 Å². The Labute approximate surface area is 174 Å². The molecule has 6 nitrogen and oxygen atoms in total. The number of allylic oxidation sites excluding steroid dienone is 3. The van der Waals surface area contributed by atoms with E-state index in [0.29, 0.717) is 5.57 Å². The van der Waals surface area contributed by atoms with Crippen LogP contribution in [0.5, 0.6) is 0 Å². The second kappa shape index (κ2) is 11.9. The zero-order valence-electron chi connectivity index (χ0n) is 18.6. The maximum atomic E-state index is 12.5. The van der Waals surface area contributed by atoms with Crippen molar-refractivity contribution in [3.63, 3.8) is 0 Å². The highest BCUT2D eigenvalue weighted by atomic mass is 16.7. The largest absolute Gasteiger partial charge is 0.478 e. The van der Waals surface area contributed by atoms with Crippen LogP contribution in [0.1, 0.15) is 59.8 Å². The van der Waals surface area contributed by atoms with Gasteiger partial charge in [-0.2, -0.15) is 0 Å². The van der Waals surface area contributed by atoms with Gasteiger partial charge >= 0.3 is 11.9 Å². The highest BCUT2D eigenvalue weighted by Gasteiger charge is 2.43. The quantitative estimate of drug-likeness (QED) is 0.232. The number of hydrogen-bond acceptors (Lipinski definition) is 5. The van der Waals surface area contributed by atoms with Crippen LogP contribution in [0, 0.1) is 11.3 Å². The summed E-state index contributed by atoms with van der Waals surface area (Å²) in [7, 11) is 2.99. The maximum absolute atomic E-state index is 12.5. The molecule has 29 heavy (non-hydrogen) atoms. The molecule has 6 heteroatoms. The van der Waals surface area contributed by atoms with E-state index in [1.54, 1.807) is 7.11 Å². The Bertz CT molecular complexity index is 660. The molecule has 0 bridgehead atoms. The van der Waals surface area contributed by atoms with Crippen LogP contribution in [-0.2, 0) is 23.8 Å². The third-order valence-corrected chi connectivity index (χ3v) is 5.89. The van der Waals surface area contributed by atoms with Crippen LogP contribution in [-0.4, -0.2) is 44.2 Å². The van der Waals surface area contributed by atoms with Crippen molar-refractivity contribution < 1.29 is 28.9 Å². The molecule has 1 aliphatic rings. The zero-order valence-corrected chi connectivity index (χ0v) is 18.6. The van der Waals surface area contributed by atoms with Crippen molar-refractivity contribution in [3.05, 3.63) is 34.9 Å². The SMILES string of the molecule is COCO[C@@H]1C=C(C(=O)OC)[C@](C)(CC/C(C)=C/CC/C(C)=C/C(=O)O)[C@H](C)C1. The number of hydrogen-bond donors (Lipinski definition) is 1. The summed E-state index contributed by atoms with van der Waals surface area (Å²) >= 11 is 0. The minimum Gasteiger partial charge on any atom is -0.478 e. The first-order valence-electron chi connectivity index (χ1n) is 10.1. The Morgan fingerprint density at radius 1 is 1.24 bits per heavy atom. The van der Waals surface area contributed by atoms with Crippen LogP contribution >= 0.6 is 0 Å². The fourth-order valence-electron chi connectivity index (χ4n) is 3.77. The number of carboxylic acids is 1. The lowest BCUT2D eigenvalue weighted by atomic mass is 9.63. The number of methoxy groups -OCH3 is 2. The van der Waals surface area contributed by atoms with Gasteiger partial charge in [0.2, 0.25) is 0 Å². The molecule has 0 aliphatic heterocycles. The van der Waals surface area contributed by atoms with Gasteiger partial charge in [0, 0.05) is 24.2 Å². The summed E-state index contributed by atoms with van der Waals surface area (Å²) < 4.78 is 15.7. The van der Waals surface area contributed by atoms with Crippen LogP contribution in [0.4, 0.5) is 0 Å². The molecule has 0 saturated heterocycles. The molecule has 0 radical (unpaired) electrons. The summed E-state index contributed by atoms with van der Waals surface area (Å²) in [5.74, 6) is -0.963. The topological polar surface area (TPSA) is 82.1 Å². The monoisotopic (exact) mass is 408 g/mol. The molecule has 0 fully saturated rings. The van der Waals surface area contributed by atoms with Crippen molar-refractivity contribution in [1.82, 2.24) is 0 Å². The molecule has 1 aliphatic carbocycles. The van der Waals surface area contributed by atoms with Gasteiger partial charge in [-0.15, -0.1) is 0 Å². The molecule has 0 amide bonds. The second-order valence-electron chi connectivity index (χ2n) is 8.16. The Morgan fingerprint density at radius 2 is 1.93 bits per heavy atom. The van der Waals surface area contributed by atoms with Crippen molar-refractivity contribution in [3.8, 4) is 0 Å². The molecule has 164 valence electrons. The van der Waals surface area contributed by atoms with E-state index in [4.69, 9.17) is 19.3 Å². The normalized spacial score (nSPS) is 25.5. The molecule has 0 aromatic carbocycles. The van der Waals surface area contributed by atoms with Gasteiger partial charge in [0.05, 0.1) is 13.2 Å². The highest BCUT2D eigenvalue weighted by Crippen LogP contribution is 2.47. The average Bonchev–Trinajstić information content (AvgIpc) is 2.66. The second-order valence-corrected chi connectivity index (χ2v) is 8.16. The van der Waals surface area contributed by atoms with E-state index in [1.165, 1.54) is 18.8 Å². The fourth-order valence-corrected chi connectivity index (χ4v) is 3.77. The lowest BCUT2D eigenvalue weighted by molar-refractivity contribution is -0.139. The smallest absolute Gasteiger partial charge is 0.334 e. The summed E-state index contributed by atoms with van der Waals surface area (Å²) in [5, 5.41) is 8.78.